The van der Waals surface area contributed by atoms with Gasteiger partial charge in [0.05, 0.1) is 18.4 Å². The summed E-state index contributed by atoms with van der Waals surface area (Å²) in [7, 11) is 1.52. The lowest BCUT2D eigenvalue weighted by molar-refractivity contribution is -0.136. The molecule has 11 nitrogen and oxygen atoms in total. The van der Waals surface area contributed by atoms with E-state index in [1.54, 1.807) is 12.3 Å². The van der Waals surface area contributed by atoms with E-state index < -0.39 is 11.9 Å². The van der Waals surface area contributed by atoms with Crippen molar-refractivity contribution in [2.24, 2.45) is 0 Å². The van der Waals surface area contributed by atoms with Crippen LogP contribution >= 0.6 is 0 Å². The zero-order chi connectivity index (χ0) is 20.5. The van der Waals surface area contributed by atoms with E-state index in [0.717, 1.165) is 5.56 Å². The normalized spacial score (nSPS) is 18.4. The number of nitrogens with zero attached hydrogens (tertiary/aromatic N) is 4. The molecule has 2 aromatic rings. The predicted molar refractivity (Wildman–Crippen MR) is 98.7 cm³/mol. The average Bonchev–Trinajstić information content (AvgIpc) is 3.31. The second kappa shape index (κ2) is 7.34. The van der Waals surface area contributed by atoms with Crippen molar-refractivity contribution in [3.05, 3.63) is 41.2 Å². The van der Waals surface area contributed by atoms with Gasteiger partial charge in [-0.15, -0.1) is 5.10 Å². The van der Waals surface area contributed by atoms with Crippen LogP contribution in [0.5, 0.6) is 0 Å². The summed E-state index contributed by atoms with van der Waals surface area (Å²) in [5, 5.41) is 15.4. The third-order valence-corrected chi connectivity index (χ3v) is 4.97. The molecule has 29 heavy (non-hydrogen) atoms. The fraction of sp³-hybridized carbons (Fsp3) is 0.333. The van der Waals surface area contributed by atoms with Crippen LogP contribution in [0, 0.1) is 0 Å². The third kappa shape index (κ3) is 3.53. The number of piperidine rings is 1. The van der Waals surface area contributed by atoms with Gasteiger partial charge >= 0.3 is 6.03 Å². The molecule has 1 fully saturated rings. The Balaban J connectivity index is 1.51. The highest BCUT2D eigenvalue weighted by molar-refractivity contribution is 6.05. The van der Waals surface area contributed by atoms with E-state index in [1.165, 1.54) is 16.6 Å². The molecule has 3 N–H and O–H groups in total. The quantitative estimate of drug-likeness (QED) is 0.592. The number of nitrogens with one attached hydrogen (secondary N) is 3. The van der Waals surface area contributed by atoms with Crippen LogP contribution in [0.25, 0.3) is 5.69 Å². The van der Waals surface area contributed by atoms with Crippen LogP contribution in [0.15, 0.2) is 24.4 Å². The molecule has 0 spiro atoms. The van der Waals surface area contributed by atoms with Gasteiger partial charge in [-0.3, -0.25) is 19.7 Å². The van der Waals surface area contributed by atoms with Crippen molar-refractivity contribution in [2.75, 3.05) is 7.05 Å². The third-order valence-electron chi connectivity index (χ3n) is 4.97. The van der Waals surface area contributed by atoms with Crippen molar-refractivity contribution in [1.82, 2.24) is 35.8 Å². The summed E-state index contributed by atoms with van der Waals surface area (Å²) in [6, 6.07) is 4.36. The number of amides is 5. The van der Waals surface area contributed by atoms with Crippen molar-refractivity contribution in [3.8, 4) is 5.69 Å². The number of hydrogen-bond donors (Lipinski definition) is 3. The molecule has 1 atom stereocenters. The number of benzene rings is 1. The highest BCUT2D eigenvalue weighted by Crippen LogP contribution is 2.28. The number of urea groups is 1. The highest BCUT2D eigenvalue weighted by Gasteiger charge is 2.39. The van der Waals surface area contributed by atoms with Crippen LogP contribution < -0.4 is 16.0 Å². The molecule has 1 aromatic heterocycles. The van der Waals surface area contributed by atoms with Crippen molar-refractivity contribution >= 4 is 23.8 Å². The van der Waals surface area contributed by atoms with E-state index >= 15 is 0 Å². The van der Waals surface area contributed by atoms with E-state index in [2.05, 4.69) is 26.3 Å². The minimum atomic E-state index is -0.648. The molecule has 150 valence electrons. The van der Waals surface area contributed by atoms with Crippen molar-refractivity contribution < 1.29 is 19.2 Å². The number of aromatic nitrogens is 3. The number of carbonyl (C=O) groups excluding carboxylic acids is 4. The monoisotopic (exact) mass is 397 g/mol. The number of fused-ring (bicyclic) bond motifs is 1. The fourth-order valence-corrected chi connectivity index (χ4v) is 3.45. The van der Waals surface area contributed by atoms with E-state index in [4.69, 9.17) is 0 Å². The Labute approximate surface area is 165 Å². The smallest absolute Gasteiger partial charge is 0.314 e. The summed E-state index contributed by atoms with van der Waals surface area (Å²) in [5.41, 5.74) is 2.50. The predicted octanol–water partition coefficient (Wildman–Crippen LogP) is -0.543. The molecule has 2 aliphatic rings. The number of hydrogen-bond acceptors (Lipinski definition) is 6. The molecule has 1 saturated heterocycles. The largest absolute Gasteiger partial charge is 0.341 e. The van der Waals surface area contributed by atoms with Crippen molar-refractivity contribution in [2.45, 2.75) is 32.0 Å². The first-order valence-corrected chi connectivity index (χ1v) is 9.11. The zero-order valence-electron chi connectivity index (χ0n) is 15.6. The minimum Gasteiger partial charge on any atom is -0.341 e. The summed E-state index contributed by atoms with van der Waals surface area (Å²) in [5.74, 6) is -1.00. The molecule has 0 radical (unpaired) electrons. The molecule has 3 heterocycles. The van der Waals surface area contributed by atoms with Gasteiger partial charge in [-0.2, -0.15) is 0 Å². The van der Waals surface area contributed by atoms with Crippen LogP contribution in [0.1, 0.15) is 34.5 Å². The van der Waals surface area contributed by atoms with Gasteiger partial charge in [-0.25, -0.2) is 9.48 Å². The molecule has 4 rings (SSSR count). The summed E-state index contributed by atoms with van der Waals surface area (Å²) in [6.45, 7) is 0.534. The Morgan fingerprint density at radius 2 is 2.14 bits per heavy atom. The molecular weight excluding hydrogens is 378 g/mol. The molecule has 0 bridgehead atoms. The van der Waals surface area contributed by atoms with Crippen molar-refractivity contribution in [1.29, 1.82) is 0 Å². The Morgan fingerprint density at radius 1 is 1.31 bits per heavy atom. The Morgan fingerprint density at radius 3 is 2.90 bits per heavy atom. The van der Waals surface area contributed by atoms with Gasteiger partial charge in [0.2, 0.25) is 11.8 Å². The van der Waals surface area contributed by atoms with Crippen LogP contribution in [0.3, 0.4) is 0 Å². The maximum atomic E-state index is 12.9. The summed E-state index contributed by atoms with van der Waals surface area (Å²) in [6.07, 6.45) is 2.20. The fourth-order valence-electron chi connectivity index (χ4n) is 3.45. The molecule has 11 heteroatoms. The van der Waals surface area contributed by atoms with Gasteiger partial charge < -0.3 is 15.5 Å². The maximum absolute atomic E-state index is 12.9. The summed E-state index contributed by atoms with van der Waals surface area (Å²) >= 11 is 0. The van der Waals surface area contributed by atoms with E-state index in [9.17, 15) is 19.2 Å². The van der Waals surface area contributed by atoms with E-state index in [0.29, 0.717) is 29.9 Å². The standard InChI is InChI=1S/C18H19N7O4/c1-19-18(29)20-7-11-9-25(23-22-11)12-3-2-10-8-24(17(28)13(10)6-12)14-4-5-15(26)21-16(14)27/h2-3,6,9,14H,4-5,7-8H2,1H3,(H2,19,20,29)(H,21,26,27). The van der Waals surface area contributed by atoms with Gasteiger partial charge in [0, 0.05) is 25.6 Å². The molecule has 1 unspecified atom stereocenters. The molecule has 0 aliphatic carbocycles. The lowest BCUT2D eigenvalue weighted by Crippen LogP contribution is -2.52. The minimum absolute atomic E-state index is 0.215. The maximum Gasteiger partial charge on any atom is 0.314 e. The topological polar surface area (TPSA) is 138 Å². The summed E-state index contributed by atoms with van der Waals surface area (Å²) in [4.78, 5) is 49.1. The van der Waals surface area contributed by atoms with Gasteiger partial charge in [0.25, 0.3) is 5.91 Å². The van der Waals surface area contributed by atoms with Gasteiger partial charge in [-0.1, -0.05) is 11.3 Å². The first-order chi connectivity index (χ1) is 14.0. The average molecular weight is 397 g/mol. The van der Waals surface area contributed by atoms with Crippen LogP contribution in [-0.4, -0.2) is 56.7 Å². The first kappa shape index (κ1) is 18.6. The van der Waals surface area contributed by atoms with Gasteiger partial charge in [0.1, 0.15) is 11.7 Å². The summed E-state index contributed by atoms with van der Waals surface area (Å²) < 4.78 is 1.52. The zero-order valence-corrected chi connectivity index (χ0v) is 15.6. The Kier molecular flexibility index (Phi) is 4.71. The molecule has 2 aliphatic heterocycles. The lowest BCUT2D eigenvalue weighted by atomic mass is 10.0. The second-order valence-electron chi connectivity index (χ2n) is 6.83. The number of carbonyl (C=O) groups is 4. The van der Waals surface area contributed by atoms with Crippen LogP contribution in [0.4, 0.5) is 4.79 Å². The van der Waals surface area contributed by atoms with Gasteiger partial charge in [-0.05, 0) is 24.1 Å². The molecule has 1 aromatic carbocycles. The number of rotatable bonds is 4. The second-order valence-corrected chi connectivity index (χ2v) is 6.83. The highest BCUT2D eigenvalue weighted by atomic mass is 16.2. The van der Waals surface area contributed by atoms with E-state index in [-0.39, 0.29) is 30.8 Å². The van der Waals surface area contributed by atoms with Gasteiger partial charge in [0.15, 0.2) is 0 Å². The van der Waals surface area contributed by atoms with Crippen molar-refractivity contribution in [3.63, 3.8) is 0 Å². The number of imide groups is 1. The molecular formula is C18H19N7O4. The van der Waals surface area contributed by atoms with E-state index in [1.807, 2.05) is 12.1 Å². The molecule has 5 amide bonds. The SMILES string of the molecule is CNC(=O)NCc1cn(-c2ccc3c(c2)C(=O)N(C2CCC(=O)NC2=O)C3)nn1. The lowest BCUT2D eigenvalue weighted by Gasteiger charge is -2.29. The van der Waals surface area contributed by atoms with Crippen LogP contribution in [-0.2, 0) is 22.7 Å². The molecule has 0 saturated carbocycles. The first-order valence-electron chi connectivity index (χ1n) is 9.11. The Bertz CT molecular complexity index is 1020. The van der Waals surface area contributed by atoms with Crippen LogP contribution in [0.2, 0.25) is 0 Å². The Hall–Kier alpha value is -3.76.